The standard InChI is InChI=1S/C12H12N4O2/c1-8-3-2-6-13-10(8)7-14-11-5-4-9(12(17)18)15-16-11/h2-6H,7H2,1H3,(H,14,16)(H,17,18). The first-order valence-corrected chi connectivity index (χ1v) is 5.38. The van der Waals surface area contributed by atoms with Gasteiger partial charge in [0.1, 0.15) is 5.82 Å². The maximum atomic E-state index is 10.6. The third-order valence-corrected chi connectivity index (χ3v) is 2.44. The van der Waals surface area contributed by atoms with Gasteiger partial charge in [0.15, 0.2) is 5.69 Å². The molecule has 2 N–H and O–H groups in total. The van der Waals surface area contributed by atoms with Gasteiger partial charge in [0.2, 0.25) is 0 Å². The van der Waals surface area contributed by atoms with E-state index in [2.05, 4.69) is 20.5 Å². The SMILES string of the molecule is Cc1cccnc1CNc1ccc(C(=O)O)nn1. The molecule has 0 saturated heterocycles. The minimum absolute atomic E-state index is 0.0745. The second-order valence-electron chi connectivity index (χ2n) is 3.73. The molecule has 0 bridgehead atoms. The maximum absolute atomic E-state index is 10.6. The summed E-state index contributed by atoms with van der Waals surface area (Å²) in [6.45, 7) is 2.50. The average Bonchev–Trinajstić information content (AvgIpc) is 2.38. The van der Waals surface area contributed by atoms with Gasteiger partial charge in [-0.05, 0) is 30.7 Å². The van der Waals surface area contributed by atoms with Crippen molar-refractivity contribution in [3.05, 3.63) is 47.4 Å². The van der Waals surface area contributed by atoms with Crippen LogP contribution in [0.1, 0.15) is 21.7 Å². The van der Waals surface area contributed by atoms with Crippen LogP contribution in [0, 0.1) is 6.92 Å². The third kappa shape index (κ3) is 2.79. The Labute approximate surface area is 104 Å². The maximum Gasteiger partial charge on any atom is 0.356 e. The lowest BCUT2D eigenvalue weighted by molar-refractivity contribution is 0.0689. The summed E-state index contributed by atoms with van der Waals surface area (Å²) < 4.78 is 0. The van der Waals surface area contributed by atoms with Crippen LogP contribution < -0.4 is 5.32 Å². The molecule has 92 valence electrons. The highest BCUT2D eigenvalue weighted by Crippen LogP contribution is 2.07. The fourth-order valence-electron chi connectivity index (χ4n) is 1.42. The Morgan fingerprint density at radius 2 is 2.17 bits per heavy atom. The summed E-state index contributed by atoms with van der Waals surface area (Å²) in [4.78, 5) is 14.8. The number of carboxylic acid groups (broad SMARTS) is 1. The van der Waals surface area contributed by atoms with Gasteiger partial charge in [-0.25, -0.2) is 4.79 Å². The zero-order valence-corrected chi connectivity index (χ0v) is 9.79. The molecule has 0 fully saturated rings. The molecule has 6 heteroatoms. The van der Waals surface area contributed by atoms with Crippen molar-refractivity contribution in [3.8, 4) is 0 Å². The molecule has 0 aliphatic heterocycles. The van der Waals surface area contributed by atoms with Gasteiger partial charge in [-0.2, -0.15) is 0 Å². The van der Waals surface area contributed by atoms with Crippen LogP contribution >= 0.6 is 0 Å². The molecule has 2 rings (SSSR count). The highest BCUT2D eigenvalue weighted by atomic mass is 16.4. The van der Waals surface area contributed by atoms with E-state index in [1.165, 1.54) is 6.07 Å². The first kappa shape index (κ1) is 12.0. The van der Waals surface area contributed by atoms with Crippen molar-refractivity contribution in [3.63, 3.8) is 0 Å². The van der Waals surface area contributed by atoms with E-state index in [1.54, 1.807) is 12.3 Å². The Morgan fingerprint density at radius 1 is 1.33 bits per heavy atom. The van der Waals surface area contributed by atoms with Crippen LogP contribution in [0.25, 0.3) is 0 Å². The Kier molecular flexibility index (Phi) is 3.47. The lowest BCUT2D eigenvalue weighted by Gasteiger charge is -2.06. The third-order valence-electron chi connectivity index (χ3n) is 2.44. The van der Waals surface area contributed by atoms with Gasteiger partial charge >= 0.3 is 5.97 Å². The molecule has 18 heavy (non-hydrogen) atoms. The molecule has 0 spiro atoms. The zero-order valence-electron chi connectivity index (χ0n) is 9.79. The smallest absolute Gasteiger partial charge is 0.356 e. The van der Waals surface area contributed by atoms with Gasteiger partial charge < -0.3 is 10.4 Å². The summed E-state index contributed by atoms with van der Waals surface area (Å²) in [6.07, 6.45) is 1.73. The lowest BCUT2D eigenvalue weighted by atomic mass is 10.2. The summed E-state index contributed by atoms with van der Waals surface area (Å²) >= 11 is 0. The second-order valence-corrected chi connectivity index (χ2v) is 3.73. The molecule has 2 aromatic rings. The largest absolute Gasteiger partial charge is 0.476 e. The van der Waals surface area contributed by atoms with Crippen molar-refractivity contribution in [1.82, 2.24) is 15.2 Å². The fraction of sp³-hybridized carbons (Fsp3) is 0.167. The predicted molar refractivity (Wildman–Crippen MR) is 65.3 cm³/mol. The van der Waals surface area contributed by atoms with Crippen LogP contribution in [0.3, 0.4) is 0 Å². The Hall–Kier alpha value is -2.50. The lowest BCUT2D eigenvalue weighted by Crippen LogP contribution is -2.07. The second kappa shape index (κ2) is 5.22. The molecular weight excluding hydrogens is 232 g/mol. The van der Waals surface area contributed by atoms with Crippen molar-refractivity contribution in [2.24, 2.45) is 0 Å². The van der Waals surface area contributed by atoms with E-state index >= 15 is 0 Å². The number of hydrogen-bond acceptors (Lipinski definition) is 5. The number of aryl methyl sites for hydroxylation is 1. The predicted octanol–water partition coefficient (Wildman–Crippen LogP) is 1.49. The van der Waals surface area contributed by atoms with E-state index in [1.807, 2.05) is 19.1 Å². The van der Waals surface area contributed by atoms with E-state index in [-0.39, 0.29) is 5.69 Å². The summed E-state index contributed by atoms with van der Waals surface area (Å²) in [5.41, 5.74) is 1.93. The van der Waals surface area contributed by atoms with E-state index in [0.717, 1.165) is 11.3 Å². The van der Waals surface area contributed by atoms with Gasteiger partial charge in [0, 0.05) is 6.20 Å². The number of pyridine rings is 1. The van der Waals surface area contributed by atoms with Crippen molar-refractivity contribution in [1.29, 1.82) is 0 Å². The number of rotatable bonds is 4. The minimum Gasteiger partial charge on any atom is -0.476 e. The molecule has 0 saturated carbocycles. The van der Waals surface area contributed by atoms with Crippen LogP contribution in [0.4, 0.5) is 5.82 Å². The molecule has 0 unspecified atom stereocenters. The first-order chi connectivity index (χ1) is 8.66. The Bertz CT molecular complexity index is 554. The number of nitrogens with zero attached hydrogens (tertiary/aromatic N) is 3. The minimum atomic E-state index is -1.09. The highest BCUT2D eigenvalue weighted by Gasteiger charge is 2.05. The van der Waals surface area contributed by atoms with Crippen molar-refractivity contribution < 1.29 is 9.90 Å². The zero-order chi connectivity index (χ0) is 13.0. The molecule has 6 nitrogen and oxygen atoms in total. The van der Waals surface area contributed by atoms with Gasteiger partial charge in [-0.3, -0.25) is 4.98 Å². The molecule has 0 radical (unpaired) electrons. The average molecular weight is 244 g/mol. The normalized spacial score (nSPS) is 10.1. The number of aromatic nitrogens is 3. The summed E-state index contributed by atoms with van der Waals surface area (Å²) in [7, 11) is 0. The Balaban J connectivity index is 2.02. The number of aromatic carboxylic acids is 1. The van der Waals surface area contributed by atoms with Gasteiger partial charge in [0.25, 0.3) is 0 Å². The van der Waals surface area contributed by atoms with Crippen LogP contribution in [-0.2, 0) is 6.54 Å². The van der Waals surface area contributed by atoms with E-state index in [0.29, 0.717) is 12.4 Å². The highest BCUT2D eigenvalue weighted by molar-refractivity contribution is 5.85. The van der Waals surface area contributed by atoms with Crippen molar-refractivity contribution in [2.45, 2.75) is 13.5 Å². The fourth-order valence-corrected chi connectivity index (χ4v) is 1.42. The summed E-state index contributed by atoms with van der Waals surface area (Å²) in [5, 5.41) is 19.1. The van der Waals surface area contributed by atoms with Crippen LogP contribution in [-0.4, -0.2) is 26.3 Å². The summed E-state index contributed by atoms with van der Waals surface area (Å²) in [5.74, 6) is -0.570. The number of carboxylic acids is 1. The van der Waals surface area contributed by atoms with E-state index in [4.69, 9.17) is 5.11 Å². The van der Waals surface area contributed by atoms with E-state index < -0.39 is 5.97 Å². The molecule has 2 heterocycles. The molecule has 2 aromatic heterocycles. The molecule has 0 amide bonds. The molecule has 0 aromatic carbocycles. The number of anilines is 1. The summed E-state index contributed by atoms with van der Waals surface area (Å²) in [6, 6.07) is 6.83. The van der Waals surface area contributed by atoms with Crippen LogP contribution in [0.15, 0.2) is 30.5 Å². The molecule has 0 atom stereocenters. The number of hydrogen-bond donors (Lipinski definition) is 2. The quantitative estimate of drug-likeness (QED) is 0.847. The topological polar surface area (TPSA) is 88.0 Å². The first-order valence-electron chi connectivity index (χ1n) is 5.38. The monoisotopic (exact) mass is 244 g/mol. The molecule has 0 aliphatic rings. The van der Waals surface area contributed by atoms with Gasteiger partial charge in [-0.15, -0.1) is 10.2 Å². The van der Waals surface area contributed by atoms with Gasteiger partial charge in [0.05, 0.1) is 12.2 Å². The van der Waals surface area contributed by atoms with Crippen LogP contribution in [0.5, 0.6) is 0 Å². The van der Waals surface area contributed by atoms with Crippen molar-refractivity contribution in [2.75, 3.05) is 5.32 Å². The number of carbonyl (C=O) groups is 1. The Morgan fingerprint density at radius 3 is 2.78 bits per heavy atom. The van der Waals surface area contributed by atoms with Crippen LogP contribution in [0.2, 0.25) is 0 Å². The van der Waals surface area contributed by atoms with Gasteiger partial charge in [-0.1, -0.05) is 6.07 Å². The van der Waals surface area contributed by atoms with Crippen molar-refractivity contribution >= 4 is 11.8 Å². The van der Waals surface area contributed by atoms with E-state index in [9.17, 15) is 4.79 Å². The molecular formula is C12H12N4O2. The number of nitrogens with one attached hydrogen (secondary N) is 1. The molecule has 0 aliphatic carbocycles.